The number of rotatable bonds is 4. The van der Waals surface area contributed by atoms with Crippen LogP contribution in [0.4, 0.5) is 13.2 Å². The molecule has 8 nitrogen and oxygen atoms in total. The van der Waals surface area contributed by atoms with Gasteiger partial charge in [-0.3, -0.25) is 9.78 Å². The Morgan fingerprint density at radius 3 is 2.71 bits per heavy atom. The summed E-state index contributed by atoms with van der Waals surface area (Å²) >= 11 is 0. The lowest BCUT2D eigenvalue weighted by Crippen LogP contribution is -2.36. The van der Waals surface area contributed by atoms with Crippen LogP contribution in [0, 0.1) is 0 Å². The number of carbonyl (C=O) groups is 2. The van der Waals surface area contributed by atoms with Gasteiger partial charge in [0.15, 0.2) is 0 Å². The maximum absolute atomic E-state index is 12.4. The molecule has 168 valence electrons. The van der Waals surface area contributed by atoms with Crippen molar-refractivity contribution in [2.75, 3.05) is 19.7 Å². The minimum absolute atomic E-state index is 0.00863. The van der Waals surface area contributed by atoms with Gasteiger partial charge in [-0.2, -0.15) is 13.2 Å². The Balaban J connectivity index is 0.000000339. The van der Waals surface area contributed by atoms with E-state index in [1.54, 1.807) is 24.7 Å². The second kappa shape index (κ2) is 9.38. The molecular formula is C20H21F3N2O6. The predicted octanol–water partition coefficient (Wildman–Crippen LogP) is 2.69. The zero-order valence-electron chi connectivity index (χ0n) is 16.4. The molecule has 31 heavy (non-hydrogen) atoms. The van der Waals surface area contributed by atoms with Gasteiger partial charge in [-0.1, -0.05) is 0 Å². The zero-order chi connectivity index (χ0) is 22.5. The average Bonchev–Trinajstić information content (AvgIpc) is 3.45. The molecule has 1 amide bonds. The van der Waals surface area contributed by atoms with Crippen LogP contribution in [0.5, 0.6) is 5.75 Å². The minimum atomic E-state index is -5.08. The molecular weight excluding hydrogens is 421 g/mol. The quantitative estimate of drug-likeness (QED) is 0.777. The monoisotopic (exact) mass is 442 g/mol. The standard InChI is InChI=1S/C18H20N2O4.C2HF3O2/c21-17(9-14-4-2-8-22-14)20-7-5-18(13-20)10-16(12-23-18)24-15-3-1-6-19-11-15;3-2(4,5)1(6)7/h1-4,6,8,11,16H,5,7,9-10,12-13H2;(H,6,7)/t16-,18+;/m1./s1. The van der Waals surface area contributed by atoms with Crippen LogP contribution in [0.2, 0.25) is 0 Å². The number of halogens is 3. The molecule has 1 N–H and O–H groups in total. The Morgan fingerprint density at radius 1 is 1.32 bits per heavy atom. The van der Waals surface area contributed by atoms with Gasteiger partial charge in [-0.25, -0.2) is 4.79 Å². The number of furan rings is 1. The first-order chi connectivity index (χ1) is 14.7. The number of aliphatic carboxylic acids is 1. The van der Waals surface area contributed by atoms with Gasteiger partial charge < -0.3 is 23.9 Å². The van der Waals surface area contributed by atoms with Gasteiger partial charge in [0.25, 0.3) is 0 Å². The summed E-state index contributed by atoms with van der Waals surface area (Å²) in [7, 11) is 0. The van der Waals surface area contributed by atoms with Gasteiger partial charge in [0.05, 0.1) is 31.1 Å². The van der Waals surface area contributed by atoms with E-state index in [-0.39, 0.29) is 17.6 Å². The number of carbonyl (C=O) groups excluding carboxylic acids is 1. The van der Waals surface area contributed by atoms with Crippen LogP contribution in [-0.4, -0.2) is 64.4 Å². The minimum Gasteiger partial charge on any atom is -0.486 e. The fourth-order valence-electron chi connectivity index (χ4n) is 3.50. The van der Waals surface area contributed by atoms with Crippen molar-refractivity contribution in [1.29, 1.82) is 0 Å². The Morgan fingerprint density at radius 2 is 2.10 bits per heavy atom. The molecule has 1 spiro atoms. The smallest absolute Gasteiger partial charge is 0.486 e. The van der Waals surface area contributed by atoms with E-state index in [0.29, 0.717) is 25.3 Å². The number of pyridine rings is 1. The van der Waals surface area contributed by atoms with Crippen molar-refractivity contribution >= 4 is 11.9 Å². The van der Waals surface area contributed by atoms with Crippen molar-refractivity contribution in [3.05, 3.63) is 48.7 Å². The van der Waals surface area contributed by atoms with Crippen LogP contribution in [0.15, 0.2) is 47.3 Å². The molecule has 2 aromatic rings. The van der Waals surface area contributed by atoms with Crippen LogP contribution < -0.4 is 4.74 Å². The Hall–Kier alpha value is -3.08. The number of likely N-dealkylation sites (tertiary alicyclic amines) is 1. The van der Waals surface area contributed by atoms with E-state index in [1.165, 1.54) is 0 Å². The summed E-state index contributed by atoms with van der Waals surface area (Å²) in [5.74, 6) is -1.22. The Bertz CT molecular complexity index is 875. The number of carboxylic acid groups (broad SMARTS) is 1. The average molecular weight is 442 g/mol. The second-order valence-corrected chi connectivity index (χ2v) is 7.25. The van der Waals surface area contributed by atoms with E-state index in [0.717, 1.165) is 25.1 Å². The maximum Gasteiger partial charge on any atom is 0.490 e. The van der Waals surface area contributed by atoms with E-state index >= 15 is 0 Å². The highest BCUT2D eigenvalue weighted by Crippen LogP contribution is 2.36. The van der Waals surface area contributed by atoms with Crippen molar-refractivity contribution in [2.24, 2.45) is 0 Å². The number of nitrogens with zero attached hydrogens (tertiary/aromatic N) is 2. The van der Waals surface area contributed by atoms with Crippen LogP contribution in [0.3, 0.4) is 0 Å². The summed E-state index contributed by atoms with van der Waals surface area (Å²) in [6, 6.07) is 7.37. The fraction of sp³-hybridized carbons (Fsp3) is 0.450. The van der Waals surface area contributed by atoms with Crippen molar-refractivity contribution in [2.45, 2.75) is 37.1 Å². The normalized spacial score (nSPS) is 22.8. The first kappa shape index (κ1) is 22.6. The molecule has 2 aromatic heterocycles. The fourth-order valence-corrected chi connectivity index (χ4v) is 3.50. The summed E-state index contributed by atoms with van der Waals surface area (Å²) in [6.07, 6.45) is 1.90. The molecule has 4 heterocycles. The van der Waals surface area contributed by atoms with Gasteiger partial charge in [-0.05, 0) is 30.7 Å². The first-order valence-electron chi connectivity index (χ1n) is 9.48. The molecule has 0 radical (unpaired) electrons. The van der Waals surface area contributed by atoms with E-state index in [9.17, 15) is 18.0 Å². The largest absolute Gasteiger partial charge is 0.490 e. The summed E-state index contributed by atoms with van der Waals surface area (Å²) in [5.41, 5.74) is -0.272. The molecule has 0 bridgehead atoms. The van der Waals surface area contributed by atoms with Gasteiger partial charge in [0.1, 0.15) is 17.6 Å². The van der Waals surface area contributed by atoms with Crippen LogP contribution in [-0.2, 0) is 20.7 Å². The highest BCUT2D eigenvalue weighted by atomic mass is 19.4. The molecule has 0 aliphatic carbocycles. The highest BCUT2D eigenvalue weighted by molar-refractivity contribution is 5.78. The van der Waals surface area contributed by atoms with Gasteiger partial charge >= 0.3 is 12.1 Å². The topological polar surface area (TPSA) is 102 Å². The van der Waals surface area contributed by atoms with E-state index in [4.69, 9.17) is 23.8 Å². The molecule has 0 aromatic carbocycles. The summed E-state index contributed by atoms with van der Waals surface area (Å²) < 4.78 is 49.0. The van der Waals surface area contributed by atoms with Gasteiger partial charge in [0, 0.05) is 25.7 Å². The van der Waals surface area contributed by atoms with Crippen LogP contribution in [0.1, 0.15) is 18.6 Å². The SMILES string of the molecule is O=C(Cc1ccco1)N1CC[C@]2(C[C@@H](Oc3cccnc3)CO2)C1.O=C(O)C(F)(F)F. The van der Waals surface area contributed by atoms with E-state index < -0.39 is 12.1 Å². The van der Waals surface area contributed by atoms with Gasteiger partial charge in [-0.15, -0.1) is 0 Å². The number of hydrogen-bond donors (Lipinski definition) is 1. The number of ether oxygens (including phenoxy) is 2. The van der Waals surface area contributed by atoms with Crippen molar-refractivity contribution < 1.29 is 41.8 Å². The summed E-state index contributed by atoms with van der Waals surface area (Å²) in [6.45, 7) is 1.90. The van der Waals surface area contributed by atoms with Gasteiger partial charge in [0.2, 0.25) is 5.91 Å². The lowest BCUT2D eigenvalue weighted by molar-refractivity contribution is -0.192. The molecule has 0 unspecified atom stereocenters. The third-order valence-electron chi connectivity index (χ3n) is 4.93. The van der Waals surface area contributed by atoms with E-state index in [2.05, 4.69) is 4.98 Å². The molecule has 4 rings (SSSR count). The molecule has 2 aliphatic heterocycles. The summed E-state index contributed by atoms with van der Waals surface area (Å²) in [5, 5.41) is 7.12. The van der Waals surface area contributed by atoms with Crippen molar-refractivity contribution in [3.8, 4) is 5.75 Å². The molecule has 2 fully saturated rings. The number of amides is 1. The van der Waals surface area contributed by atoms with Crippen molar-refractivity contribution in [1.82, 2.24) is 9.88 Å². The van der Waals surface area contributed by atoms with Crippen LogP contribution >= 0.6 is 0 Å². The molecule has 0 saturated carbocycles. The maximum atomic E-state index is 12.4. The van der Waals surface area contributed by atoms with Crippen molar-refractivity contribution in [3.63, 3.8) is 0 Å². The molecule has 11 heteroatoms. The predicted molar refractivity (Wildman–Crippen MR) is 99.3 cm³/mol. The number of carboxylic acids is 1. The molecule has 2 aliphatic rings. The first-order valence-corrected chi connectivity index (χ1v) is 9.48. The lowest BCUT2D eigenvalue weighted by Gasteiger charge is -2.23. The zero-order valence-corrected chi connectivity index (χ0v) is 16.4. The van der Waals surface area contributed by atoms with Crippen LogP contribution in [0.25, 0.3) is 0 Å². The third kappa shape index (κ3) is 6.20. The number of aromatic nitrogens is 1. The number of hydrogen-bond acceptors (Lipinski definition) is 6. The summed E-state index contributed by atoms with van der Waals surface area (Å²) in [4.78, 5) is 27.2. The molecule has 2 saturated heterocycles. The second-order valence-electron chi connectivity index (χ2n) is 7.25. The Labute approximate surface area is 175 Å². The lowest BCUT2D eigenvalue weighted by atomic mass is 9.98. The Kier molecular flexibility index (Phi) is 6.84. The highest BCUT2D eigenvalue weighted by Gasteiger charge is 2.47. The third-order valence-corrected chi connectivity index (χ3v) is 4.93. The number of alkyl halides is 3. The van der Waals surface area contributed by atoms with E-state index in [1.807, 2.05) is 23.1 Å². The molecule has 2 atom stereocenters.